The van der Waals surface area contributed by atoms with Crippen molar-refractivity contribution in [1.82, 2.24) is 15.2 Å². The molecule has 2 saturated heterocycles. The zero-order valence-electron chi connectivity index (χ0n) is 13.1. The van der Waals surface area contributed by atoms with Crippen LogP contribution in [0, 0.1) is 11.8 Å². The van der Waals surface area contributed by atoms with Crippen LogP contribution in [-0.2, 0) is 14.3 Å². The van der Waals surface area contributed by atoms with Crippen LogP contribution in [0.3, 0.4) is 0 Å². The number of carbonyl (C=O) groups is 2. The van der Waals surface area contributed by atoms with E-state index in [-0.39, 0.29) is 36.4 Å². The summed E-state index contributed by atoms with van der Waals surface area (Å²) in [6.45, 7) is 5.00. The molecule has 1 aromatic rings. The zero-order chi connectivity index (χ0) is 16.2. The van der Waals surface area contributed by atoms with Gasteiger partial charge in [0.05, 0.1) is 18.2 Å². The van der Waals surface area contributed by atoms with Gasteiger partial charge in [0.1, 0.15) is 12.3 Å². The Morgan fingerprint density at radius 1 is 1.52 bits per heavy atom. The summed E-state index contributed by atoms with van der Waals surface area (Å²) in [7, 11) is 0. The standard InChI is InChI=1S/C15H21N3O4S/c1-2-21-7-14(19)18-4-11-10(6-22-13(11)5-18)3-16-15(20)12-8-23-9-17-12/h8-11,13H,2-7H2,1H3,(H,16,20)/t10-,11+,13+/m0/s1. The minimum absolute atomic E-state index is 0.00936. The number of nitrogens with one attached hydrogen (secondary N) is 1. The highest BCUT2D eigenvalue weighted by Crippen LogP contribution is 2.33. The number of rotatable bonds is 6. The zero-order valence-corrected chi connectivity index (χ0v) is 13.9. The second kappa shape index (κ2) is 7.37. The number of nitrogens with zero attached hydrogens (tertiary/aromatic N) is 2. The van der Waals surface area contributed by atoms with Crippen LogP contribution in [0.1, 0.15) is 17.4 Å². The van der Waals surface area contributed by atoms with Gasteiger partial charge in [-0.1, -0.05) is 0 Å². The van der Waals surface area contributed by atoms with Gasteiger partial charge in [-0.3, -0.25) is 9.59 Å². The molecule has 3 heterocycles. The van der Waals surface area contributed by atoms with Gasteiger partial charge in [0, 0.05) is 43.5 Å². The average molecular weight is 339 g/mol. The predicted octanol–water partition coefficient (Wildman–Crippen LogP) is 0.383. The van der Waals surface area contributed by atoms with Crippen molar-refractivity contribution in [3.8, 4) is 0 Å². The molecule has 0 bridgehead atoms. The topological polar surface area (TPSA) is 80.8 Å². The Morgan fingerprint density at radius 3 is 3.13 bits per heavy atom. The lowest BCUT2D eigenvalue weighted by Gasteiger charge is -2.20. The second-order valence-electron chi connectivity index (χ2n) is 5.82. The van der Waals surface area contributed by atoms with E-state index in [2.05, 4.69) is 10.3 Å². The normalized spacial score (nSPS) is 26.3. The summed E-state index contributed by atoms with van der Waals surface area (Å²) in [5.74, 6) is 0.357. The molecule has 8 heteroatoms. The number of amides is 2. The predicted molar refractivity (Wildman–Crippen MR) is 84.2 cm³/mol. The van der Waals surface area contributed by atoms with E-state index in [0.29, 0.717) is 38.5 Å². The molecule has 1 N–H and O–H groups in total. The number of thiazole rings is 1. The van der Waals surface area contributed by atoms with Gasteiger partial charge in [-0.25, -0.2) is 4.98 Å². The van der Waals surface area contributed by atoms with Crippen molar-refractivity contribution in [3.05, 3.63) is 16.6 Å². The molecular weight excluding hydrogens is 318 g/mol. The molecule has 0 radical (unpaired) electrons. The number of ether oxygens (including phenoxy) is 2. The summed E-state index contributed by atoms with van der Waals surface area (Å²) < 4.78 is 11.0. The number of aromatic nitrogens is 1. The van der Waals surface area contributed by atoms with Gasteiger partial charge >= 0.3 is 0 Å². The SMILES string of the molecule is CCOCC(=O)N1C[C@@H]2[C@@H](CNC(=O)c3cscn3)CO[C@@H]2C1. The van der Waals surface area contributed by atoms with Crippen molar-refractivity contribution in [2.45, 2.75) is 13.0 Å². The van der Waals surface area contributed by atoms with Crippen molar-refractivity contribution in [2.24, 2.45) is 11.8 Å². The first-order chi connectivity index (χ1) is 11.2. The van der Waals surface area contributed by atoms with Crippen LogP contribution in [0.15, 0.2) is 10.9 Å². The third-order valence-electron chi connectivity index (χ3n) is 4.41. The van der Waals surface area contributed by atoms with Crippen LogP contribution in [0.25, 0.3) is 0 Å². The van der Waals surface area contributed by atoms with E-state index < -0.39 is 0 Å². The maximum Gasteiger partial charge on any atom is 0.270 e. The molecule has 0 unspecified atom stereocenters. The van der Waals surface area contributed by atoms with E-state index in [1.54, 1.807) is 15.8 Å². The van der Waals surface area contributed by atoms with Gasteiger partial charge in [-0.15, -0.1) is 11.3 Å². The summed E-state index contributed by atoms with van der Waals surface area (Å²) in [6.07, 6.45) is 0.0711. The van der Waals surface area contributed by atoms with Crippen molar-refractivity contribution < 1.29 is 19.1 Å². The van der Waals surface area contributed by atoms with Crippen LogP contribution in [0.4, 0.5) is 0 Å². The molecule has 0 aliphatic carbocycles. The van der Waals surface area contributed by atoms with Crippen LogP contribution in [-0.4, -0.2) is 67.3 Å². The van der Waals surface area contributed by atoms with Gasteiger partial charge in [-0.05, 0) is 6.92 Å². The fourth-order valence-corrected chi connectivity index (χ4v) is 3.66. The van der Waals surface area contributed by atoms with Crippen molar-refractivity contribution in [1.29, 1.82) is 0 Å². The maximum atomic E-state index is 12.0. The highest BCUT2D eigenvalue weighted by molar-refractivity contribution is 7.07. The van der Waals surface area contributed by atoms with Gasteiger partial charge in [0.2, 0.25) is 5.91 Å². The number of hydrogen-bond acceptors (Lipinski definition) is 6. The average Bonchev–Trinajstić information content (AvgIpc) is 3.26. The Kier molecular flexibility index (Phi) is 5.24. The van der Waals surface area contributed by atoms with Crippen molar-refractivity contribution >= 4 is 23.2 Å². The molecule has 126 valence electrons. The molecule has 2 fully saturated rings. The van der Waals surface area contributed by atoms with Crippen LogP contribution in [0.2, 0.25) is 0 Å². The van der Waals surface area contributed by atoms with E-state index in [1.807, 2.05) is 6.92 Å². The molecule has 0 aromatic carbocycles. The number of hydrogen-bond donors (Lipinski definition) is 1. The number of carbonyl (C=O) groups excluding carboxylic acids is 2. The Bertz CT molecular complexity index is 551. The number of fused-ring (bicyclic) bond motifs is 1. The molecule has 2 aliphatic rings. The molecule has 0 saturated carbocycles. The monoisotopic (exact) mass is 339 g/mol. The summed E-state index contributed by atoms with van der Waals surface area (Å²) in [5, 5.41) is 4.64. The van der Waals surface area contributed by atoms with E-state index in [9.17, 15) is 9.59 Å². The molecule has 23 heavy (non-hydrogen) atoms. The number of likely N-dealkylation sites (tertiary alicyclic amines) is 1. The first kappa shape index (κ1) is 16.4. The van der Waals surface area contributed by atoms with Crippen LogP contribution in [0.5, 0.6) is 0 Å². The Balaban J connectivity index is 1.49. The summed E-state index contributed by atoms with van der Waals surface area (Å²) >= 11 is 1.40. The van der Waals surface area contributed by atoms with E-state index in [0.717, 1.165) is 0 Å². The maximum absolute atomic E-state index is 12.0. The molecule has 2 aliphatic heterocycles. The van der Waals surface area contributed by atoms with E-state index in [4.69, 9.17) is 9.47 Å². The van der Waals surface area contributed by atoms with E-state index in [1.165, 1.54) is 11.3 Å². The molecule has 0 spiro atoms. The van der Waals surface area contributed by atoms with Gasteiger partial charge in [-0.2, -0.15) is 0 Å². The molecule has 3 atom stereocenters. The largest absolute Gasteiger partial charge is 0.376 e. The van der Waals surface area contributed by atoms with Crippen molar-refractivity contribution in [2.75, 3.05) is 39.5 Å². The highest BCUT2D eigenvalue weighted by atomic mass is 32.1. The molecule has 1 aromatic heterocycles. The lowest BCUT2D eigenvalue weighted by atomic mass is 9.93. The minimum atomic E-state index is -0.156. The molecule has 3 rings (SSSR count). The highest BCUT2D eigenvalue weighted by Gasteiger charge is 2.45. The fraction of sp³-hybridized carbons (Fsp3) is 0.667. The second-order valence-corrected chi connectivity index (χ2v) is 6.53. The Morgan fingerprint density at radius 2 is 2.39 bits per heavy atom. The van der Waals surface area contributed by atoms with Gasteiger partial charge < -0.3 is 19.7 Å². The van der Waals surface area contributed by atoms with Gasteiger partial charge in [0.15, 0.2) is 0 Å². The van der Waals surface area contributed by atoms with E-state index >= 15 is 0 Å². The molecule has 7 nitrogen and oxygen atoms in total. The Hall–Kier alpha value is -1.51. The minimum Gasteiger partial charge on any atom is -0.376 e. The first-order valence-electron chi connectivity index (χ1n) is 7.82. The van der Waals surface area contributed by atoms with Crippen LogP contribution >= 0.6 is 11.3 Å². The third kappa shape index (κ3) is 3.70. The summed E-state index contributed by atoms with van der Waals surface area (Å²) in [4.78, 5) is 29.8. The molecular formula is C15H21N3O4S. The fourth-order valence-electron chi connectivity index (χ4n) is 3.13. The summed E-state index contributed by atoms with van der Waals surface area (Å²) in [5.41, 5.74) is 2.09. The molecule has 2 amide bonds. The smallest absolute Gasteiger partial charge is 0.270 e. The lowest BCUT2D eigenvalue weighted by molar-refractivity contribution is -0.135. The van der Waals surface area contributed by atoms with Gasteiger partial charge in [0.25, 0.3) is 5.91 Å². The van der Waals surface area contributed by atoms with Crippen molar-refractivity contribution in [3.63, 3.8) is 0 Å². The quantitative estimate of drug-likeness (QED) is 0.811. The lowest BCUT2D eigenvalue weighted by Crippen LogP contribution is -2.36. The summed E-state index contributed by atoms with van der Waals surface area (Å²) in [6, 6.07) is 0. The first-order valence-corrected chi connectivity index (χ1v) is 8.76. The Labute approximate surface area is 139 Å². The van der Waals surface area contributed by atoms with Crippen LogP contribution < -0.4 is 5.32 Å². The third-order valence-corrected chi connectivity index (χ3v) is 5.00.